The molecule has 64 valence electrons. The van der Waals surface area contributed by atoms with Gasteiger partial charge in [-0.1, -0.05) is 0 Å². The maximum absolute atomic E-state index is 11.2. The van der Waals surface area contributed by atoms with E-state index in [9.17, 15) is 4.79 Å². The average Bonchev–Trinajstić information content (AvgIpc) is 2.05. The van der Waals surface area contributed by atoms with Crippen LogP contribution < -0.4 is 5.73 Å². The number of likely N-dealkylation sites (tertiary alicyclic amines) is 1. The predicted molar refractivity (Wildman–Crippen MR) is 44.1 cm³/mol. The maximum atomic E-state index is 11.2. The zero-order valence-electron chi connectivity index (χ0n) is 7.21. The summed E-state index contributed by atoms with van der Waals surface area (Å²) in [6.45, 7) is 2.04. The van der Waals surface area contributed by atoms with E-state index in [1.165, 1.54) is 0 Å². The van der Waals surface area contributed by atoms with E-state index in [2.05, 4.69) is 0 Å². The van der Waals surface area contributed by atoms with Gasteiger partial charge in [-0.25, -0.2) is 0 Å². The second-order valence-corrected chi connectivity index (χ2v) is 3.39. The fourth-order valence-corrected chi connectivity index (χ4v) is 1.45. The molecule has 1 aliphatic rings. The Balaban J connectivity index is 2.61. The van der Waals surface area contributed by atoms with Crippen LogP contribution in [0.25, 0.3) is 0 Å². The Kier molecular flexibility index (Phi) is 2.49. The zero-order chi connectivity index (χ0) is 8.43. The molecular formula is C8H16N2O. The minimum atomic E-state index is 0.207. The van der Waals surface area contributed by atoms with Gasteiger partial charge in [0.1, 0.15) is 0 Å². The quantitative estimate of drug-likeness (QED) is 0.550. The van der Waals surface area contributed by atoms with E-state index in [-0.39, 0.29) is 11.9 Å². The highest BCUT2D eigenvalue weighted by molar-refractivity contribution is 5.76. The standard InChI is InChI=1S/C8H16N2O/c1-6-5-7(9)3-4-8(11)10(6)2/h6-7H,3-5,9H2,1-2H3. The maximum Gasteiger partial charge on any atom is 0.222 e. The molecule has 2 N–H and O–H groups in total. The molecule has 11 heavy (non-hydrogen) atoms. The number of carbonyl (C=O) groups excluding carboxylic acids is 1. The smallest absolute Gasteiger partial charge is 0.222 e. The molecule has 0 aromatic carbocycles. The second-order valence-electron chi connectivity index (χ2n) is 3.39. The molecule has 3 heteroatoms. The van der Waals surface area contributed by atoms with Gasteiger partial charge in [0.05, 0.1) is 0 Å². The van der Waals surface area contributed by atoms with Crippen LogP contribution in [-0.4, -0.2) is 29.9 Å². The summed E-state index contributed by atoms with van der Waals surface area (Å²) in [5, 5.41) is 0. The molecule has 1 aliphatic heterocycles. The fourth-order valence-electron chi connectivity index (χ4n) is 1.45. The van der Waals surface area contributed by atoms with Crippen LogP contribution in [0.1, 0.15) is 26.2 Å². The summed E-state index contributed by atoms with van der Waals surface area (Å²) < 4.78 is 0. The van der Waals surface area contributed by atoms with E-state index in [1.807, 2.05) is 14.0 Å². The van der Waals surface area contributed by atoms with E-state index < -0.39 is 0 Å². The topological polar surface area (TPSA) is 46.3 Å². The number of hydrogen-bond acceptors (Lipinski definition) is 2. The summed E-state index contributed by atoms with van der Waals surface area (Å²) in [5.41, 5.74) is 5.77. The van der Waals surface area contributed by atoms with Crippen molar-refractivity contribution in [1.29, 1.82) is 0 Å². The predicted octanol–water partition coefficient (Wildman–Crippen LogP) is 0.344. The average molecular weight is 156 g/mol. The van der Waals surface area contributed by atoms with Crippen LogP contribution >= 0.6 is 0 Å². The van der Waals surface area contributed by atoms with Gasteiger partial charge in [0, 0.05) is 25.6 Å². The third-order valence-electron chi connectivity index (χ3n) is 2.43. The number of rotatable bonds is 0. The van der Waals surface area contributed by atoms with Gasteiger partial charge in [-0.2, -0.15) is 0 Å². The SMILES string of the molecule is CC1CC(N)CCC(=O)N1C. The Morgan fingerprint density at radius 1 is 1.64 bits per heavy atom. The van der Waals surface area contributed by atoms with E-state index >= 15 is 0 Å². The molecule has 0 spiro atoms. The van der Waals surface area contributed by atoms with Crippen molar-refractivity contribution in [2.45, 2.75) is 38.3 Å². The van der Waals surface area contributed by atoms with Crippen molar-refractivity contribution in [1.82, 2.24) is 4.90 Å². The van der Waals surface area contributed by atoms with Crippen LogP contribution in [0.4, 0.5) is 0 Å². The third kappa shape index (κ3) is 1.93. The van der Waals surface area contributed by atoms with Gasteiger partial charge >= 0.3 is 0 Å². The number of amides is 1. The lowest BCUT2D eigenvalue weighted by atomic mass is 10.1. The third-order valence-corrected chi connectivity index (χ3v) is 2.43. The number of nitrogens with two attached hydrogens (primary N) is 1. The monoisotopic (exact) mass is 156 g/mol. The van der Waals surface area contributed by atoms with Gasteiger partial charge in [-0.3, -0.25) is 4.79 Å². The first kappa shape index (κ1) is 8.53. The first-order valence-corrected chi connectivity index (χ1v) is 4.12. The summed E-state index contributed by atoms with van der Waals surface area (Å²) in [6.07, 6.45) is 2.39. The molecule has 0 bridgehead atoms. The fraction of sp³-hybridized carbons (Fsp3) is 0.875. The van der Waals surface area contributed by atoms with Gasteiger partial charge in [0.25, 0.3) is 0 Å². The van der Waals surface area contributed by atoms with Crippen molar-refractivity contribution < 1.29 is 4.79 Å². The molecule has 0 radical (unpaired) electrons. The first-order valence-electron chi connectivity index (χ1n) is 4.12. The Hall–Kier alpha value is -0.570. The molecule has 1 heterocycles. The van der Waals surface area contributed by atoms with E-state index in [0.717, 1.165) is 12.8 Å². The lowest BCUT2D eigenvalue weighted by molar-refractivity contribution is -0.130. The summed E-state index contributed by atoms with van der Waals surface area (Å²) in [6, 6.07) is 0.513. The van der Waals surface area contributed by atoms with Crippen LogP contribution in [0.5, 0.6) is 0 Å². The minimum absolute atomic E-state index is 0.207. The van der Waals surface area contributed by atoms with Crippen LogP contribution in [-0.2, 0) is 4.79 Å². The number of carbonyl (C=O) groups is 1. The van der Waals surface area contributed by atoms with Gasteiger partial charge in [-0.15, -0.1) is 0 Å². The molecule has 2 unspecified atom stereocenters. The van der Waals surface area contributed by atoms with Crippen molar-refractivity contribution in [2.24, 2.45) is 5.73 Å². The van der Waals surface area contributed by atoms with E-state index in [4.69, 9.17) is 5.73 Å². The van der Waals surface area contributed by atoms with Gasteiger partial charge in [0.2, 0.25) is 5.91 Å². The summed E-state index contributed by atoms with van der Waals surface area (Å²) in [4.78, 5) is 13.0. The van der Waals surface area contributed by atoms with Crippen molar-refractivity contribution in [3.8, 4) is 0 Å². The molecule has 1 fully saturated rings. The first-order chi connectivity index (χ1) is 5.11. The molecule has 0 aromatic heterocycles. The number of nitrogens with zero attached hydrogens (tertiary/aromatic N) is 1. The minimum Gasteiger partial charge on any atom is -0.343 e. The van der Waals surface area contributed by atoms with Crippen LogP contribution in [0.15, 0.2) is 0 Å². The normalized spacial score (nSPS) is 33.7. The molecule has 1 rings (SSSR count). The summed E-state index contributed by atoms with van der Waals surface area (Å²) in [5.74, 6) is 0.227. The zero-order valence-corrected chi connectivity index (χ0v) is 7.21. The second kappa shape index (κ2) is 3.22. The summed E-state index contributed by atoms with van der Waals surface area (Å²) >= 11 is 0. The Bertz CT molecular complexity index is 158. The van der Waals surface area contributed by atoms with E-state index in [1.54, 1.807) is 4.90 Å². The highest BCUT2D eigenvalue weighted by Gasteiger charge is 2.22. The largest absolute Gasteiger partial charge is 0.343 e. The molecule has 0 aromatic rings. The molecular weight excluding hydrogens is 140 g/mol. The van der Waals surface area contributed by atoms with Crippen molar-refractivity contribution >= 4 is 5.91 Å². The van der Waals surface area contributed by atoms with E-state index in [0.29, 0.717) is 12.5 Å². The molecule has 1 amide bonds. The number of hydrogen-bond donors (Lipinski definition) is 1. The lowest BCUT2D eigenvalue weighted by Crippen LogP contribution is -2.34. The van der Waals surface area contributed by atoms with Crippen LogP contribution in [0.2, 0.25) is 0 Å². The Morgan fingerprint density at radius 2 is 2.27 bits per heavy atom. The van der Waals surface area contributed by atoms with Gasteiger partial charge < -0.3 is 10.6 Å². The Morgan fingerprint density at radius 3 is 2.91 bits per heavy atom. The van der Waals surface area contributed by atoms with Crippen LogP contribution in [0, 0.1) is 0 Å². The molecule has 3 nitrogen and oxygen atoms in total. The molecule has 0 saturated carbocycles. The highest BCUT2D eigenvalue weighted by atomic mass is 16.2. The van der Waals surface area contributed by atoms with Gasteiger partial charge in [0.15, 0.2) is 0 Å². The molecule has 0 aliphatic carbocycles. The van der Waals surface area contributed by atoms with Crippen LogP contribution in [0.3, 0.4) is 0 Å². The molecule has 2 atom stereocenters. The van der Waals surface area contributed by atoms with Crippen molar-refractivity contribution in [2.75, 3.05) is 7.05 Å². The van der Waals surface area contributed by atoms with Gasteiger partial charge in [-0.05, 0) is 19.8 Å². The van der Waals surface area contributed by atoms with Crippen molar-refractivity contribution in [3.05, 3.63) is 0 Å². The molecule has 1 saturated heterocycles. The Labute approximate surface area is 67.5 Å². The highest BCUT2D eigenvalue weighted by Crippen LogP contribution is 2.14. The summed E-state index contributed by atoms with van der Waals surface area (Å²) in [7, 11) is 1.85. The van der Waals surface area contributed by atoms with Crippen molar-refractivity contribution in [3.63, 3.8) is 0 Å². The lowest BCUT2D eigenvalue weighted by Gasteiger charge is -2.22.